The van der Waals surface area contributed by atoms with Crippen LogP contribution in [0.1, 0.15) is 31.9 Å². The standard InChI is InChI=1S/C40H40N6O7/c1-6-42-35(47)24-44-38(48)40(2,3)53-34-15-11-10-14-33(34)52-29-18-16-28(17-19-29)45-36-30-20-27(22-41)23-43-31(30)21-32(37(36)50-5)46(4)39(49)51-25-26-12-8-7-9-13-26/h7-21,23,45H,6,24-25H2,1-5H3,(H,42,47)(H,44,48). The van der Waals surface area contributed by atoms with Crippen LogP contribution in [-0.4, -0.2) is 55.7 Å². The normalized spacial score (nSPS) is 10.8. The number of ether oxygens (including phenoxy) is 4. The van der Waals surface area contributed by atoms with Gasteiger partial charge < -0.3 is 34.9 Å². The number of aromatic nitrogens is 1. The summed E-state index contributed by atoms with van der Waals surface area (Å²) in [6.45, 7) is 5.38. The van der Waals surface area contributed by atoms with Crippen LogP contribution in [0, 0.1) is 11.3 Å². The lowest BCUT2D eigenvalue weighted by Gasteiger charge is -2.26. The highest BCUT2D eigenvalue weighted by Crippen LogP contribution is 2.43. The van der Waals surface area contributed by atoms with Crippen molar-refractivity contribution in [2.75, 3.05) is 37.5 Å². The molecule has 53 heavy (non-hydrogen) atoms. The molecule has 0 saturated carbocycles. The third-order valence-corrected chi connectivity index (χ3v) is 7.99. The third kappa shape index (κ3) is 9.30. The number of para-hydroxylation sites is 2. The fraction of sp³-hybridized carbons (Fsp3) is 0.225. The second kappa shape index (κ2) is 16.9. The molecule has 13 heteroatoms. The smallest absolute Gasteiger partial charge is 0.414 e. The molecule has 4 aromatic carbocycles. The Bertz CT molecular complexity index is 2130. The highest BCUT2D eigenvalue weighted by Gasteiger charge is 2.31. The van der Waals surface area contributed by atoms with Gasteiger partial charge in [-0.1, -0.05) is 42.5 Å². The maximum Gasteiger partial charge on any atom is 0.414 e. The number of carbonyl (C=O) groups excluding carboxylic acids is 3. The van der Waals surface area contributed by atoms with Gasteiger partial charge >= 0.3 is 6.09 Å². The molecule has 0 aliphatic rings. The van der Waals surface area contributed by atoms with Crippen LogP contribution in [-0.2, 0) is 20.9 Å². The van der Waals surface area contributed by atoms with Gasteiger partial charge in [0, 0.05) is 30.9 Å². The Labute approximate surface area is 307 Å². The Hall–Kier alpha value is -6.81. The van der Waals surface area contributed by atoms with Gasteiger partial charge in [0.05, 0.1) is 36.1 Å². The molecule has 0 atom stereocenters. The van der Waals surface area contributed by atoms with Crippen molar-refractivity contribution < 1.29 is 33.3 Å². The van der Waals surface area contributed by atoms with Crippen LogP contribution in [0.4, 0.5) is 21.9 Å². The van der Waals surface area contributed by atoms with Gasteiger partial charge in [0.25, 0.3) is 5.91 Å². The quantitative estimate of drug-likeness (QED) is 0.111. The number of likely N-dealkylation sites (N-methyl/N-ethyl adjacent to an activating group) is 1. The predicted molar refractivity (Wildman–Crippen MR) is 201 cm³/mol. The van der Waals surface area contributed by atoms with E-state index in [2.05, 4.69) is 27.0 Å². The SMILES string of the molecule is CCNC(=O)CNC(=O)C(C)(C)Oc1ccccc1Oc1ccc(Nc2c(OC)c(N(C)C(=O)OCc3ccccc3)cc3ncc(C#N)cc23)cc1. The molecule has 0 bridgehead atoms. The summed E-state index contributed by atoms with van der Waals surface area (Å²) in [4.78, 5) is 43.7. The van der Waals surface area contributed by atoms with Crippen molar-refractivity contribution in [3.05, 3.63) is 108 Å². The first-order chi connectivity index (χ1) is 25.5. The molecule has 272 valence electrons. The number of carbonyl (C=O) groups is 3. The van der Waals surface area contributed by atoms with E-state index in [1.54, 1.807) is 88.5 Å². The summed E-state index contributed by atoms with van der Waals surface area (Å²) in [5.41, 5.74) is 1.91. The highest BCUT2D eigenvalue weighted by molar-refractivity contribution is 6.04. The van der Waals surface area contributed by atoms with E-state index < -0.39 is 17.6 Å². The molecule has 0 aliphatic carbocycles. The zero-order chi connectivity index (χ0) is 38.0. The summed E-state index contributed by atoms with van der Waals surface area (Å²) >= 11 is 0. The first kappa shape index (κ1) is 37.4. The number of pyridine rings is 1. The first-order valence-corrected chi connectivity index (χ1v) is 16.8. The Kier molecular flexibility index (Phi) is 12.0. The zero-order valence-electron chi connectivity index (χ0n) is 30.1. The van der Waals surface area contributed by atoms with Crippen molar-refractivity contribution in [2.45, 2.75) is 33.0 Å². The van der Waals surface area contributed by atoms with E-state index in [0.29, 0.717) is 63.1 Å². The van der Waals surface area contributed by atoms with E-state index in [9.17, 15) is 19.6 Å². The minimum absolute atomic E-state index is 0.0894. The van der Waals surface area contributed by atoms with Gasteiger partial charge in [-0.25, -0.2) is 4.79 Å². The molecule has 5 rings (SSSR count). The molecule has 0 spiro atoms. The predicted octanol–water partition coefficient (Wildman–Crippen LogP) is 6.83. The molecule has 1 aromatic heterocycles. The van der Waals surface area contributed by atoms with Crippen molar-refractivity contribution in [3.63, 3.8) is 0 Å². The average molecular weight is 717 g/mol. The lowest BCUT2D eigenvalue weighted by molar-refractivity contribution is -0.136. The van der Waals surface area contributed by atoms with Gasteiger partial charge in [0.1, 0.15) is 18.4 Å². The number of nitrogens with zero attached hydrogens (tertiary/aromatic N) is 3. The number of amides is 3. The van der Waals surface area contributed by atoms with Crippen LogP contribution >= 0.6 is 0 Å². The number of anilines is 3. The summed E-state index contributed by atoms with van der Waals surface area (Å²) in [7, 11) is 3.07. The third-order valence-electron chi connectivity index (χ3n) is 7.99. The van der Waals surface area contributed by atoms with Gasteiger partial charge in [0.2, 0.25) is 5.91 Å². The van der Waals surface area contributed by atoms with Crippen LogP contribution in [0.2, 0.25) is 0 Å². The monoisotopic (exact) mass is 716 g/mol. The molecule has 3 N–H and O–H groups in total. The number of nitrogens with one attached hydrogen (secondary N) is 3. The summed E-state index contributed by atoms with van der Waals surface area (Å²) < 4.78 is 23.7. The van der Waals surface area contributed by atoms with E-state index in [1.807, 2.05) is 30.3 Å². The Morgan fingerprint density at radius 3 is 2.30 bits per heavy atom. The molecule has 0 unspecified atom stereocenters. The van der Waals surface area contributed by atoms with E-state index in [0.717, 1.165) is 5.56 Å². The number of hydrogen-bond donors (Lipinski definition) is 3. The van der Waals surface area contributed by atoms with E-state index in [1.165, 1.54) is 18.2 Å². The molecule has 1 heterocycles. The van der Waals surface area contributed by atoms with Crippen molar-refractivity contribution in [3.8, 4) is 29.1 Å². The number of hydrogen-bond acceptors (Lipinski definition) is 10. The second-order valence-electron chi connectivity index (χ2n) is 12.3. The molecule has 0 fully saturated rings. The molecule has 13 nitrogen and oxygen atoms in total. The van der Waals surface area contributed by atoms with Crippen molar-refractivity contribution in [1.82, 2.24) is 15.6 Å². The van der Waals surface area contributed by atoms with Gasteiger partial charge in [-0.3, -0.25) is 19.5 Å². The summed E-state index contributed by atoms with van der Waals surface area (Å²) in [5, 5.41) is 18.8. The number of methoxy groups -OCH3 is 1. The molecule has 0 saturated heterocycles. The summed E-state index contributed by atoms with van der Waals surface area (Å²) in [6.07, 6.45) is 0.865. The van der Waals surface area contributed by atoms with Crippen molar-refractivity contribution in [1.29, 1.82) is 5.26 Å². The maximum atomic E-state index is 13.2. The van der Waals surface area contributed by atoms with Gasteiger partial charge in [-0.05, 0) is 74.9 Å². The molecular weight excluding hydrogens is 676 g/mol. The lowest BCUT2D eigenvalue weighted by Crippen LogP contribution is -2.49. The Morgan fingerprint density at radius 2 is 1.62 bits per heavy atom. The van der Waals surface area contributed by atoms with E-state index in [-0.39, 0.29) is 19.1 Å². The topological polar surface area (TPSA) is 164 Å². The van der Waals surface area contributed by atoms with Crippen LogP contribution in [0.3, 0.4) is 0 Å². The number of fused-ring (bicyclic) bond motifs is 1. The molecule has 0 radical (unpaired) electrons. The number of rotatable bonds is 14. The largest absolute Gasteiger partial charge is 0.492 e. The van der Waals surface area contributed by atoms with Crippen LogP contribution in [0.15, 0.2) is 97.2 Å². The number of nitriles is 1. The molecule has 0 aliphatic heterocycles. The maximum absolute atomic E-state index is 13.2. The summed E-state index contributed by atoms with van der Waals surface area (Å²) in [5.74, 6) is 0.743. The van der Waals surface area contributed by atoms with Gasteiger partial charge in [0.15, 0.2) is 22.8 Å². The molecule has 3 amide bonds. The summed E-state index contributed by atoms with van der Waals surface area (Å²) in [6, 6.07) is 28.9. The highest BCUT2D eigenvalue weighted by atomic mass is 16.6. The molecule has 5 aromatic rings. The van der Waals surface area contributed by atoms with Crippen molar-refractivity contribution in [2.24, 2.45) is 0 Å². The minimum atomic E-state index is -1.32. The van der Waals surface area contributed by atoms with E-state index in [4.69, 9.17) is 18.9 Å². The molecular formula is C40H40N6O7. The first-order valence-electron chi connectivity index (χ1n) is 16.8. The Morgan fingerprint density at radius 1 is 0.925 bits per heavy atom. The zero-order valence-corrected chi connectivity index (χ0v) is 30.1. The fourth-order valence-electron chi connectivity index (χ4n) is 5.24. The minimum Gasteiger partial charge on any atom is -0.492 e. The fourth-order valence-corrected chi connectivity index (χ4v) is 5.24. The second-order valence-corrected chi connectivity index (χ2v) is 12.3. The average Bonchev–Trinajstić information content (AvgIpc) is 3.17. The van der Waals surface area contributed by atoms with Crippen LogP contribution in [0.25, 0.3) is 10.9 Å². The van der Waals surface area contributed by atoms with Gasteiger partial charge in [-0.15, -0.1) is 0 Å². The van der Waals surface area contributed by atoms with Crippen LogP contribution < -0.4 is 35.1 Å². The van der Waals surface area contributed by atoms with Gasteiger partial charge in [-0.2, -0.15) is 5.26 Å². The van der Waals surface area contributed by atoms with Crippen molar-refractivity contribution >= 4 is 45.9 Å². The van der Waals surface area contributed by atoms with E-state index >= 15 is 0 Å². The lowest BCUT2D eigenvalue weighted by atomic mass is 10.1. The van der Waals surface area contributed by atoms with Crippen LogP contribution in [0.5, 0.6) is 23.0 Å². The number of benzene rings is 4. The Balaban J connectivity index is 1.37.